The highest BCUT2D eigenvalue weighted by Crippen LogP contribution is 2.30. The molecule has 1 aromatic carbocycles. The highest BCUT2D eigenvalue weighted by Gasteiger charge is 2.26. The topological polar surface area (TPSA) is 140 Å². The van der Waals surface area contributed by atoms with E-state index in [1.165, 1.54) is 18.6 Å². The van der Waals surface area contributed by atoms with Gasteiger partial charge in [0.25, 0.3) is 11.6 Å². The molecule has 0 saturated carbocycles. The Bertz CT molecular complexity index is 1010. The normalized spacial score (nSPS) is 10.7. The van der Waals surface area contributed by atoms with Crippen LogP contribution in [-0.2, 0) is 0 Å². The van der Waals surface area contributed by atoms with Gasteiger partial charge in [-0.2, -0.15) is 0 Å². The summed E-state index contributed by atoms with van der Waals surface area (Å²) < 4.78 is 4.95. The van der Waals surface area contributed by atoms with E-state index in [2.05, 4.69) is 10.2 Å². The maximum absolute atomic E-state index is 12.4. The molecule has 0 radical (unpaired) electrons. The SMILES string of the molecule is CN(C(=O)c1c(O)c2ccc([N+](=O)[O-])cc2oc1=O)c1nncs1. The fraction of sp³-hybridized carbons (Fsp3) is 0.0769. The molecule has 10 nitrogen and oxygen atoms in total. The highest BCUT2D eigenvalue weighted by molar-refractivity contribution is 7.13. The molecular weight excluding hydrogens is 340 g/mol. The quantitative estimate of drug-likeness (QED) is 0.427. The molecule has 2 heterocycles. The molecule has 24 heavy (non-hydrogen) atoms. The third-order valence-corrected chi connectivity index (χ3v) is 3.99. The van der Waals surface area contributed by atoms with Gasteiger partial charge in [-0.3, -0.25) is 19.8 Å². The lowest BCUT2D eigenvalue weighted by Gasteiger charge is -2.13. The number of benzene rings is 1. The molecule has 11 heteroatoms. The van der Waals surface area contributed by atoms with E-state index in [1.807, 2.05) is 0 Å². The molecule has 3 rings (SSSR count). The lowest BCUT2D eigenvalue weighted by atomic mass is 10.1. The summed E-state index contributed by atoms with van der Waals surface area (Å²) in [4.78, 5) is 35.6. The number of nitro benzene ring substituents is 1. The van der Waals surface area contributed by atoms with E-state index in [-0.39, 0.29) is 21.8 Å². The summed E-state index contributed by atoms with van der Waals surface area (Å²) in [6.07, 6.45) is 0. The zero-order chi connectivity index (χ0) is 17.4. The number of nitrogens with zero attached hydrogens (tertiary/aromatic N) is 4. The maximum atomic E-state index is 12.4. The molecule has 0 aliphatic rings. The van der Waals surface area contributed by atoms with E-state index in [4.69, 9.17) is 4.42 Å². The van der Waals surface area contributed by atoms with Crippen molar-refractivity contribution in [3.8, 4) is 5.75 Å². The van der Waals surface area contributed by atoms with Gasteiger partial charge in [-0.15, -0.1) is 10.2 Å². The number of nitro groups is 1. The summed E-state index contributed by atoms with van der Waals surface area (Å²) in [6.45, 7) is 0. The van der Waals surface area contributed by atoms with Crippen molar-refractivity contribution in [3.05, 3.63) is 49.8 Å². The number of rotatable bonds is 3. The van der Waals surface area contributed by atoms with Crippen molar-refractivity contribution in [2.75, 3.05) is 11.9 Å². The van der Waals surface area contributed by atoms with Gasteiger partial charge in [-0.05, 0) is 6.07 Å². The van der Waals surface area contributed by atoms with E-state index < -0.39 is 27.8 Å². The minimum atomic E-state index is -1.11. The molecule has 0 unspecified atom stereocenters. The van der Waals surface area contributed by atoms with E-state index in [9.17, 15) is 24.8 Å². The van der Waals surface area contributed by atoms with E-state index >= 15 is 0 Å². The van der Waals surface area contributed by atoms with Gasteiger partial charge in [-0.1, -0.05) is 11.3 Å². The van der Waals surface area contributed by atoms with Crippen LogP contribution in [0.2, 0.25) is 0 Å². The molecule has 0 fully saturated rings. The number of fused-ring (bicyclic) bond motifs is 1. The average Bonchev–Trinajstić information content (AvgIpc) is 3.07. The smallest absolute Gasteiger partial charge is 0.353 e. The van der Waals surface area contributed by atoms with E-state index in [0.29, 0.717) is 0 Å². The molecule has 122 valence electrons. The van der Waals surface area contributed by atoms with E-state index in [0.717, 1.165) is 28.4 Å². The number of anilines is 1. The second-order valence-electron chi connectivity index (χ2n) is 4.64. The van der Waals surface area contributed by atoms with Crippen molar-refractivity contribution < 1.29 is 19.2 Å². The Morgan fingerprint density at radius 3 is 2.83 bits per heavy atom. The molecular formula is C13H8N4O6S. The Labute approximate surface area is 136 Å². The molecule has 0 spiro atoms. The predicted molar refractivity (Wildman–Crippen MR) is 83.4 cm³/mol. The Kier molecular flexibility index (Phi) is 3.69. The van der Waals surface area contributed by atoms with Crippen molar-refractivity contribution in [2.24, 2.45) is 0 Å². The van der Waals surface area contributed by atoms with Gasteiger partial charge in [0.2, 0.25) is 5.13 Å². The van der Waals surface area contributed by atoms with Crippen LogP contribution >= 0.6 is 11.3 Å². The highest BCUT2D eigenvalue weighted by atomic mass is 32.1. The Morgan fingerprint density at radius 2 is 2.21 bits per heavy atom. The van der Waals surface area contributed by atoms with Gasteiger partial charge in [0, 0.05) is 13.1 Å². The van der Waals surface area contributed by atoms with Gasteiger partial charge in [0.1, 0.15) is 16.8 Å². The predicted octanol–water partition coefficient (Wildman–Crippen LogP) is 1.53. The zero-order valence-electron chi connectivity index (χ0n) is 12.0. The van der Waals surface area contributed by atoms with Gasteiger partial charge in [0.05, 0.1) is 16.4 Å². The van der Waals surface area contributed by atoms with Crippen LogP contribution in [0.4, 0.5) is 10.8 Å². The van der Waals surface area contributed by atoms with Crippen LogP contribution in [0.15, 0.2) is 32.9 Å². The molecule has 0 bridgehead atoms. The minimum absolute atomic E-state index is 0.00853. The van der Waals surface area contributed by atoms with Crippen LogP contribution in [0.3, 0.4) is 0 Å². The maximum Gasteiger partial charge on any atom is 0.353 e. The lowest BCUT2D eigenvalue weighted by molar-refractivity contribution is -0.384. The molecule has 0 aliphatic heterocycles. The van der Waals surface area contributed by atoms with Crippen LogP contribution in [0.25, 0.3) is 11.0 Å². The summed E-state index contributed by atoms with van der Waals surface area (Å²) in [7, 11) is 1.36. The van der Waals surface area contributed by atoms with Crippen molar-refractivity contribution in [1.82, 2.24) is 10.2 Å². The van der Waals surface area contributed by atoms with Crippen LogP contribution in [0.1, 0.15) is 10.4 Å². The minimum Gasteiger partial charge on any atom is -0.506 e. The number of non-ortho nitro benzene ring substituents is 1. The molecule has 1 amide bonds. The van der Waals surface area contributed by atoms with Gasteiger partial charge < -0.3 is 9.52 Å². The van der Waals surface area contributed by atoms with Crippen molar-refractivity contribution in [2.45, 2.75) is 0 Å². The van der Waals surface area contributed by atoms with Crippen molar-refractivity contribution >= 4 is 39.0 Å². The molecule has 0 atom stereocenters. The third kappa shape index (κ3) is 2.46. The molecule has 1 N–H and O–H groups in total. The van der Waals surface area contributed by atoms with Crippen molar-refractivity contribution in [3.63, 3.8) is 0 Å². The van der Waals surface area contributed by atoms with Gasteiger partial charge in [0.15, 0.2) is 5.56 Å². The first-order valence-electron chi connectivity index (χ1n) is 6.38. The molecule has 0 aliphatic carbocycles. The summed E-state index contributed by atoms with van der Waals surface area (Å²) in [5.41, 5.74) is -0.797. The van der Waals surface area contributed by atoms with Gasteiger partial charge >= 0.3 is 5.63 Å². The average molecular weight is 348 g/mol. The van der Waals surface area contributed by atoms with E-state index in [1.54, 1.807) is 0 Å². The summed E-state index contributed by atoms with van der Waals surface area (Å²) in [5, 5.41) is 28.5. The largest absolute Gasteiger partial charge is 0.506 e. The van der Waals surface area contributed by atoms with Crippen LogP contribution in [0, 0.1) is 10.1 Å². The monoisotopic (exact) mass is 348 g/mol. The number of amides is 1. The first-order valence-corrected chi connectivity index (χ1v) is 7.26. The number of hydrogen-bond acceptors (Lipinski definition) is 9. The number of carbonyl (C=O) groups is 1. The zero-order valence-corrected chi connectivity index (χ0v) is 12.8. The Balaban J connectivity index is 2.15. The van der Waals surface area contributed by atoms with Crippen LogP contribution in [-0.4, -0.2) is 33.2 Å². The molecule has 0 saturated heterocycles. The van der Waals surface area contributed by atoms with Crippen molar-refractivity contribution in [1.29, 1.82) is 0 Å². The van der Waals surface area contributed by atoms with Crippen LogP contribution in [0.5, 0.6) is 5.75 Å². The fourth-order valence-corrected chi connectivity index (χ4v) is 2.57. The second kappa shape index (κ2) is 5.70. The van der Waals surface area contributed by atoms with Gasteiger partial charge in [-0.25, -0.2) is 4.79 Å². The number of carbonyl (C=O) groups excluding carboxylic acids is 1. The first-order chi connectivity index (χ1) is 11.4. The Hall–Kier alpha value is -3.34. The second-order valence-corrected chi connectivity index (χ2v) is 5.45. The molecule has 3 aromatic rings. The van der Waals surface area contributed by atoms with Crippen LogP contribution < -0.4 is 10.5 Å². The first kappa shape index (κ1) is 15.6. The Morgan fingerprint density at radius 1 is 1.46 bits per heavy atom. The standard InChI is InChI=1S/C13H8N4O6S/c1-16(13-15-14-5-24-13)11(19)9-10(18)7-3-2-6(17(21)22)4-8(7)23-12(9)20/h2-5,18H,1H3. The number of aromatic hydroxyl groups is 1. The third-order valence-electron chi connectivity index (χ3n) is 3.23. The summed E-state index contributed by atoms with van der Waals surface area (Å²) in [6, 6.07) is 3.33. The number of hydrogen-bond donors (Lipinski definition) is 1. The number of aromatic nitrogens is 2. The fourth-order valence-electron chi connectivity index (χ4n) is 2.04. The summed E-state index contributed by atoms with van der Waals surface area (Å²) in [5.74, 6) is -1.45. The lowest BCUT2D eigenvalue weighted by Crippen LogP contribution is -2.30. The molecule has 2 aromatic heterocycles. The summed E-state index contributed by atoms with van der Waals surface area (Å²) >= 11 is 1.07.